The molecule has 5 heteroatoms. The van der Waals surface area contributed by atoms with E-state index in [0.29, 0.717) is 11.3 Å². The minimum absolute atomic E-state index is 0.0315. The van der Waals surface area contributed by atoms with E-state index in [9.17, 15) is 14.9 Å². The number of rotatable bonds is 4. The highest BCUT2D eigenvalue weighted by molar-refractivity contribution is 5.93. The van der Waals surface area contributed by atoms with Gasteiger partial charge in [0.2, 0.25) is 5.91 Å². The van der Waals surface area contributed by atoms with Crippen LogP contribution in [0.25, 0.3) is 0 Å². The minimum atomic E-state index is -0.451. The number of amides is 1. The smallest absolute Gasteiger partial charge is 0.269 e. The van der Waals surface area contributed by atoms with Crippen LogP contribution in [0.1, 0.15) is 25.8 Å². The van der Waals surface area contributed by atoms with Gasteiger partial charge in [-0.2, -0.15) is 0 Å². The third kappa shape index (κ3) is 3.27. The van der Waals surface area contributed by atoms with Crippen molar-refractivity contribution < 1.29 is 9.72 Å². The molecule has 0 spiro atoms. The summed E-state index contributed by atoms with van der Waals surface area (Å²) in [6.45, 7) is 5.52. The summed E-state index contributed by atoms with van der Waals surface area (Å²) in [4.78, 5) is 21.8. The maximum atomic E-state index is 11.7. The molecule has 1 aromatic carbocycles. The lowest BCUT2D eigenvalue weighted by Gasteiger charge is -2.11. The molecular weight excluding hydrogens is 220 g/mol. The van der Waals surface area contributed by atoms with Crippen LogP contribution in [0.4, 0.5) is 11.4 Å². The summed E-state index contributed by atoms with van der Waals surface area (Å²) in [7, 11) is 0. The van der Waals surface area contributed by atoms with Gasteiger partial charge in [-0.25, -0.2) is 0 Å². The van der Waals surface area contributed by atoms with E-state index < -0.39 is 4.92 Å². The number of hydrogen-bond donors (Lipinski definition) is 1. The number of hydrogen-bond acceptors (Lipinski definition) is 3. The summed E-state index contributed by atoms with van der Waals surface area (Å²) < 4.78 is 0. The van der Waals surface area contributed by atoms with Gasteiger partial charge in [0.05, 0.1) is 4.92 Å². The van der Waals surface area contributed by atoms with E-state index in [1.165, 1.54) is 12.1 Å². The van der Waals surface area contributed by atoms with E-state index in [2.05, 4.69) is 5.32 Å². The number of benzene rings is 1. The first kappa shape index (κ1) is 13.2. The Morgan fingerprint density at radius 2 is 2.18 bits per heavy atom. The fraction of sp³-hybridized carbons (Fsp3) is 0.417. The molecule has 0 aromatic heterocycles. The van der Waals surface area contributed by atoms with Crippen LogP contribution in [0.3, 0.4) is 0 Å². The third-order valence-corrected chi connectivity index (χ3v) is 2.74. The Morgan fingerprint density at radius 3 is 2.65 bits per heavy atom. The molecule has 0 radical (unpaired) electrons. The van der Waals surface area contributed by atoms with Crippen molar-refractivity contribution in [3.8, 4) is 0 Å². The van der Waals surface area contributed by atoms with Crippen LogP contribution in [-0.2, 0) is 4.79 Å². The van der Waals surface area contributed by atoms with E-state index in [1.54, 1.807) is 13.0 Å². The van der Waals surface area contributed by atoms with Gasteiger partial charge in [-0.05, 0) is 25.0 Å². The molecule has 1 unspecified atom stereocenters. The summed E-state index contributed by atoms with van der Waals surface area (Å²) in [5, 5.41) is 13.3. The van der Waals surface area contributed by atoms with Crippen LogP contribution < -0.4 is 5.32 Å². The van der Waals surface area contributed by atoms with Crippen LogP contribution in [0.2, 0.25) is 0 Å². The molecule has 1 N–H and O–H groups in total. The highest BCUT2D eigenvalue weighted by Gasteiger charge is 2.13. The molecule has 0 aliphatic heterocycles. The number of carbonyl (C=O) groups excluding carboxylic acids is 1. The quantitative estimate of drug-likeness (QED) is 0.645. The molecular formula is C12H16N2O3. The molecule has 5 nitrogen and oxygen atoms in total. The normalized spacial score (nSPS) is 11.9. The number of nitro groups is 1. The zero-order valence-corrected chi connectivity index (χ0v) is 10.2. The van der Waals surface area contributed by atoms with Crippen LogP contribution >= 0.6 is 0 Å². The third-order valence-electron chi connectivity index (χ3n) is 2.74. The zero-order chi connectivity index (χ0) is 13.0. The molecule has 17 heavy (non-hydrogen) atoms. The van der Waals surface area contributed by atoms with Gasteiger partial charge in [-0.15, -0.1) is 0 Å². The molecule has 1 aromatic rings. The number of carbonyl (C=O) groups is 1. The fourth-order valence-corrected chi connectivity index (χ4v) is 1.34. The maximum absolute atomic E-state index is 11.7. The molecule has 0 fully saturated rings. The fourth-order valence-electron chi connectivity index (χ4n) is 1.34. The van der Waals surface area contributed by atoms with E-state index >= 15 is 0 Å². The van der Waals surface area contributed by atoms with E-state index in [1.807, 2.05) is 13.8 Å². The number of nitro benzene ring substituents is 1. The summed E-state index contributed by atoms with van der Waals surface area (Å²) in [5.74, 6) is -0.131. The van der Waals surface area contributed by atoms with Crippen LogP contribution in [-0.4, -0.2) is 10.8 Å². The first-order valence-corrected chi connectivity index (χ1v) is 5.51. The number of non-ortho nitro benzene ring substituents is 1. The minimum Gasteiger partial charge on any atom is -0.326 e. The van der Waals surface area contributed by atoms with E-state index in [-0.39, 0.29) is 17.5 Å². The van der Waals surface area contributed by atoms with Gasteiger partial charge in [-0.1, -0.05) is 13.8 Å². The average molecular weight is 236 g/mol. The van der Waals surface area contributed by atoms with Crippen LogP contribution in [0.5, 0.6) is 0 Å². The summed E-state index contributed by atoms with van der Waals surface area (Å²) >= 11 is 0. The molecule has 0 aliphatic rings. The van der Waals surface area contributed by atoms with Crippen LogP contribution in [0, 0.1) is 23.0 Å². The Hall–Kier alpha value is -1.91. The second kappa shape index (κ2) is 5.43. The molecule has 0 aliphatic carbocycles. The van der Waals surface area contributed by atoms with Gasteiger partial charge in [0.25, 0.3) is 5.69 Å². The molecule has 0 heterocycles. The number of aryl methyl sites for hydroxylation is 1. The summed E-state index contributed by atoms with van der Waals surface area (Å²) in [6.07, 6.45) is 0.762. The molecule has 1 rings (SSSR count). The van der Waals surface area contributed by atoms with E-state index in [4.69, 9.17) is 0 Å². The lowest BCUT2D eigenvalue weighted by molar-refractivity contribution is -0.384. The largest absolute Gasteiger partial charge is 0.326 e. The van der Waals surface area contributed by atoms with Crippen molar-refractivity contribution in [2.75, 3.05) is 5.32 Å². The monoisotopic (exact) mass is 236 g/mol. The maximum Gasteiger partial charge on any atom is 0.269 e. The Labute approximate surface area is 100.0 Å². The van der Waals surface area contributed by atoms with Crippen molar-refractivity contribution in [2.24, 2.45) is 5.92 Å². The molecule has 1 amide bonds. The first-order valence-electron chi connectivity index (χ1n) is 5.51. The highest BCUT2D eigenvalue weighted by Crippen LogP contribution is 2.21. The number of nitrogens with zero attached hydrogens (tertiary/aromatic N) is 1. The SMILES string of the molecule is CCC(C)C(=O)Nc1ccc([N+](=O)[O-])cc1C. The molecule has 92 valence electrons. The van der Waals surface area contributed by atoms with Crippen molar-refractivity contribution in [3.63, 3.8) is 0 Å². The standard InChI is InChI=1S/C12H16N2O3/c1-4-8(2)12(15)13-11-6-5-10(14(16)17)7-9(11)3/h5-8H,4H2,1-3H3,(H,13,15). The molecule has 0 saturated carbocycles. The Balaban J connectivity index is 2.86. The molecule has 1 atom stereocenters. The Bertz CT molecular complexity index is 443. The van der Waals surface area contributed by atoms with Crippen LogP contribution in [0.15, 0.2) is 18.2 Å². The van der Waals surface area contributed by atoms with Crippen molar-refractivity contribution >= 4 is 17.3 Å². The van der Waals surface area contributed by atoms with Gasteiger partial charge in [-0.3, -0.25) is 14.9 Å². The second-order valence-electron chi connectivity index (χ2n) is 4.05. The zero-order valence-electron chi connectivity index (χ0n) is 10.2. The molecule has 0 saturated heterocycles. The van der Waals surface area contributed by atoms with Gasteiger partial charge >= 0.3 is 0 Å². The number of anilines is 1. The Morgan fingerprint density at radius 1 is 1.53 bits per heavy atom. The highest BCUT2D eigenvalue weighted by atomic mass is 16.6. The Kier molecular flexibility index (Phi) is 4.20. The summed E-state index contributed by atoms with van der Waals surface area (Å²) in [6, 6.07) is 4.40. The van der Waals surface area contributed by atoms with Crippen molar-refractivity contribution in [1.29, 1.82) is 0 Å². The first-order chi connectivity index (χ1) is 7.95. The number of nitrogens with one attached hydrogen (secondary N) is 1. The summed E-state index contributed by atoms with van der Waals surface area (Å²) in [5.41, 5.74) is 1.35. The topological polar surface area (TPSA) is 72.2 Å². The van der Waals surface area contributed by atoms with Crippen molar-refractivity contribution in [2.45, 2.75) is 27.2 Å². The van der Waals surface area contributed by atoms with Gasteiger partial charge in [0.15, 0.2) is 0 Å². The van der Waals surface area contributed by atoms with Crippen molar-refractivity contribution in [3.05, 3.63) is 33.9 Å². The van der Waals surface area contributed by atoms with Crippen molar-refractivity contribution in [1.82, 2.24) is 0 Å². The lowest BCUT2D eigenvalue weighted by atomic mass is 10.1. The van der Waals surface area contributed by atoms with Gasteiger partial charge < -0.3 is 5.32 Å². The lowest BCUT2D eigenvalue weighted by Crippen LogP contribution is -2.20. The van der Waals surface area contributed by atoms with Gasteiger partial charge in [0.1, 0.15) is 0 Å². The predicted octanol–water partition coefficient (Wildman–Crippen LogP) is 2.89. The van der Waals surface area contributed by atoms with Gasteiger partial charge in [0, 0.05) is 23.7 Å². The molecule has 0 bridgehead atoms. The average Bonchev–Trinajstić information content (AvgIpc) is 2.30. The van der Waals surface area contributed by atoms with E-state index in [0.717, 1.165) is 6.42 Å². The second-order valence-corrected chi connectivity index (χ2v) is 4.05. The predicted molar refractivity (Wildman–Crippen MR) is 65.9 cm³/mol.